The van der Waals surface area contributed by atoms with Crippen LogP contribution in [0.25, 0.3) is 11.3 Å². The molecule has 0 bridgehead atoms. The highest BCUT2D eigenvalue weighted by Crippen LogP contribution is 2.31. The first-order valence-electron chi connectivity index (χ1n) is 4.75. The summed E-state index contributed by atoms with van der Waals surface area (Å²) in [6.45, 7) is 0. The summed E-state index contributed by atoms with van der Waals surface area (Å²) in [6.07, 6.45) is 0. The van der Waals surface area contributed by atoms with Crippen LogP contribution in [-0.2, 0) is 4.74 Å². The maximum Gasteiger partial charge on any atom is 0.373 e. The summed E-state index contributed by atoms with van der Waals surface area (Å²) in [5.41, 5.74) is 0.727. The van der Waals surface area contributed by atoms with Gasteiger partial charge in [-0.2, -0.15) is 0 Å². The molecule has 88 valence electrons. The molecule has 1 aromatic carbocycles. The van der Waals surface area contributed by atoms with Crippen molar-refractivity contribution in [3.8, 4) is 11.3 Å². The molecule has 2 rings (SSSR count). The largest absolute Gasteiger partial charge is 0.463 e. The summed E-state index contributed by atoms with van der Waals surface area (Å²) in [5.74, 6) is 0.175. The van der Waals surface area contributed by atoms with Crippen LogP contribution in [0, 0.1) is 0 Å². The van der Waals surface area contributed by atoms with Gasteiger partial charge in [-0.3, -0.25) is 0 Å². The molecule has 0 spiro atoms. The lowest BCUT2D eigenvalue weighted by atomic mass is 10.2. The monoisotopic (exact) mass is 314 g/mol. The molecule has 0 aliphatic rings. The fourth-order valence-electron chi connectivity index (χ4n) is 1.38. The normalized spacial score (nSPS) is 10.3. The third-order valence-corrected chi connectivity index (χ3v) is 3.00. The fraction of sp³-hybridized carbons (Fsp3) is 0.0833. The molecule has 0 saturated carbocycles. The highest BCUT2D eigenvalue weighted by molar-refractivity contribution is 9.10. The summed E-state index contributed by atoms with van der Waals surface area (Å²) in [4.78, 5) is 11.2. The number of methoxy groups -OCH3 is 1. The average molecular weight is 316 g/mol. The molecule has 0 N–H and O–H groups in total. The molecule has 1 aromatic heterocycles. The number of ether oxygens (including phenoxy) is 1. The third-order valence-electron chi connectivity index (χ3n) is 2.19. The van der Waals surface area contributed by atoms with E-state index in [0.29, 0.717) is 10.8 Å². The van der Waals surface area contributed by atoms with Gasteiger partial charge in [0.15, 0.2) is 0 Å². The van der Waals surface area contributed by atoms with Crippen molar-refractivity contribution in [1.29, 1.82) is 0 Å². The van der Waals surface area contributed by atoms with E-state index >= 15 is 0 Å². The predicted molar refractivity (Wildman–Crippen MR) is 68.2 cm³/mol. The molecule has 0 atom stereocenters. The van der Waals surface area contributed by atoms with Crippen LogP contribution in [0.5, 0.6) is 0 Å². The van der Waals surface area contributed by atoms with Crippen LogP contribution in [0.3, 0.4) is 0 Å². The van der Waals surface area contributed by atoms with Crippen molar-refractivity contribution < 1.29 is 13.9 Å². The topological polar surface area (TPSA) is 39.4 Å². The van der Waals surface area contributed by atoms with Gasteiger partial charge in [-0.15, -0.1) is 0 Å². The Kier molecular flexibility index (Phi) is 3.54. The molecule has 0 fully saturated rings. The highest BCUT2D eigenvalue weighted by atomic mass is 79.9. The van der Waals surface area contributed by atoms with Crippen molar-refractivity contribution in [2.75, 3.05) is 7.11 Å². The number of furan rings is 1. The molecule has 1 heterocycles. The van der Waals surface area contributed by atoms with Gasteiger partial charge in [0.05, 0.1) is 12.1 Å². The molecule has 3 nitrogen and oxygen atoms in total. The predicted octanol–water partition coefficient (Wildman–Crippen LogP) is 4.15. The van der Waals surface area contributed by atoms with Gasteiger partial charge in [0.2, 0.25) is 5.76 Å². The average Bonchev–Trinajstić information content (AvgIpc) is 2.77. The zero-order valence-electron chi connectivity index (χ0n) is 8.87. The zero-order chi connectivity index (χ0) is 12.4. The van der Waals surface area contributed by atoms with Crippen LogP contribution in [0.4, 0.5) is 0 Å². The molecule has 0 aliphatic carbocycles. The Morgan fingerprint density at radius 3 is 2.76 bits per heavy atom. The van der Waals surface area contributed by atoms with E-state index in [0.717, 1.165) is 10.0 Å². The standard InChI is InChI=1S/C12H8BrClO3/c1-16-12(15)11-5-4-10(17-11)8-3-2-7(13)6-9(8)14/h2-6H,1H3. The lowest BCUT2D eigenvalue weighted by Gasteiger charge is -2.01. The maximum atomic E-state index is 11.2. The Morgan fingerprint density at radius 1 is 1.35 bits per heavy atom. The number of carbonyl (C=O) groups excluding carboxylic acids is 1. The molecule has 0 radical (unpaired) electrons. The SMILES string of the molecule is COC(=O)c1ccc(-c2ccc(Br)cc2Cl)o1. The number of esters is 1. The first-order chi connectivity index (χ1) is 8.11. The second kappa shape index (κ2) is 4.94. The molecule has 0 saturated heterocycles. The van der Waals surface area contributed by atoms with Gasteiger partial charge in [-0.1, -0.05) is 27.5 Å². The Morgan fingerprint density at radius 2 is 2.12 bits per heavy atom. The number of hydrogen-bond acceptors (Lipinski definition) is 3. The van der Waals surface area contributed by atoms with Crippen molar-refractivity contribution in [3.63, 3.8) is 0 Å². The quantitative estimate of drug-likeness (QED) is 0.782. The van der Waals surface area contributed by atoms with Crippen molar-refractivity contribution in [2.24, 2.45) is 0 Å². The number of carbonyl (C=O) groups is 1. The van der Waals surface area contributed by atoms with E-state index in [1.54, 1.807) is 18.2 Å². The first kappa shape index (κ1) is 12.2. The first-order valence-corrected chi connectivity index (χ1v) is 5.92. The minimum absolute atomic E-state index is 0.154. The fourth-order valence-corrected chi connectivity index (χ4v) is 2.15. The minimum Gasteiger partial charge on any atom is -0.463 e. The molecule has 0 amide bonds. The van der Waals surface area contributed by atoms with E-state index in [9.17, 15) is 4.79 Å². The Labute approximate surface area is 111 Å². The smallest absolute Gasteiger partial charge is 0.373 e. The van der Waals surface area contributed by atoms with Gasteiger partial charge in [0.25, 0.3) is 0 Å². The van der Waals surface area contributed by atoms with E-state index in [1.165, 1.54) is 7.11 Å². The van der Waals surface area contributed by atoms with Crippen LogP contribution < -0.4 is 0 Å². The molecule has 0 unspecified atom stereocenters. The molecule has 2 aromatic rings. The lowest BCUT2D eigenvalue weighted by molar-refractivity contribution is 0.0566. The number of hydrogen-bond donors (Lipinski definition) is 0. The van der Waals surface area contributed by atoms with Gasteiger partial charge in [-0.25, -0.2) is 4.79 Å². The minimum atomic E-state index is -0.510. The lowest BCUT2D eigenvalue weighted by Crippen LogP contribution is -1.98. The Balaban J connectivity index is 2.40. The molecule has 17 heavy (non-hydrogen) atoms. The highest BCUT2D eigenvalue weighted by Gasteiger charge is 2.13. The van der Waals surface area contributed by atoms with Crippen LogP contribution in [0.15, 0.2) is 39.2 Å². The van der Waals surface area contributed by atoms with Gasteiger partial charge in [0, 0.05) is 10.0 Å². The van der Waals surface area contributed by atoms with Crippen molar-refractivity contribution >= 4 is 33.5 Å². The van der Waals surface area contributed by atoms with Crippen LogP contribution in [-0.4, -0.2) is 13.1 Å². The van der Waals surface area contributed by atoms with Crippen LogP contribution in [0.1, 0.15) is 10.6 Å². The van der Waals surface area contributed by atoms with Gasteiger partial charge < -0.3 is 9.15 Å². The van der Waals surface area contributed by atoms with E-state index < -0.39 is 5.97 Å². The van der Waals surface area contributed by atoms with Gasteiger partial charge in [-0.05, 0) is 30.3 Å². The van der Waals surface area contributed by atoms with E-state index in [1.807, 2.05) is 12.1 Å². The van der Waals surface area contributed by atoms with Crippen LogP contribution in [0.2, 0.25) is 5.02 Å². The van der Waals surface area contributed by atoms with Gasteiger partial charge in [0.1, 0.15) is 5.76 Å². The van der Waals surface area contributed by atoms with Crippen LogP contribution >= 0.6 is 27.5 Å². The Bertz CT molecular complexity index is 563. The van der Waals surface area contributed by atoms with E-state index in [-0.39, 0.29) is 5.76 Å². The second-order valence-electron chi connectivity index (χ2n) is 3.28. The van der Waals surface area contributed by atoms with Crippen molar-refractivity contribution in [2.45, 2.75) is 0 Å². The number of halogens is 2. The number of rotatable bonds is 2. The second-order valence-corrected chi connectivity index (χ2v) is 4.60. The number of benzene rings is 1. The summed E-state index contributed by atoms with van der Waals surface area (Å²) < 4.78 is 10.8. The van der Waals surface area contributed by atoms with Gasteiger partial charge >= 0.3 is 5.97 Å². The summed E-state index contributed by atoms with van der Waals surface area (Å²) in [5, 5.41) is 0.546. The maximum absolute atomic E-state index is 11.2. The van der Waals surface area contributed by atoms with E-state index in [4.69, 9.17) is 16.0 Å². The summed E-state index contributed by atoms with van der Waals surface area (Å²) in [7, 11) is 1.30. The summed E-state index contributed by atoms with van der Waals surface area (Å²) >= 11 is 9.40. The Hall–Kier alpha value is -1.26. The summed E-state index contributed by atoms with van der Waals surface area (Å²) in [6, 6.07) is 8.66. The molecule has 0 aliphatic heterocycles. The van der Waals surface area contributed by atoms with Crippen molar-refractivity contribution in [3.05, 3.63) is 45.6 Å². The molecule has 5 heteroatoms. The molecular formula is C12H8BrClO3. The molecular weight excluding hydrogens is 307 g/mol. The third kappa shape index (κ3) is 2.53. The van der Waals surface area contributed by atoms with Crippen molar-refractivity contribution in [1.82, 2.24) is 0 Å². The van der Waals surface area contributed by atoms with E-state index in [2.05, 4.69) is 20.7 Å². The zero-order valence-corrected chi connectivity index (χ0v) is 11.2.